The molecule has 11 nitrogen and oxygen atoms in total. The number of Topliss-reactive ketones (excluding diaryl/α,β-unsaturated/α-hetero) is 2. The van der Waals surface area contributed by atoms with Crippen molar-refractivity contribution in [3.63, 3.8) is 0 Å². The van der Waals surface area contributed by atoms with Crippen molar-refractivity contribution >= 4 is 23.5 Å². The smallest absolute Gasteiger partial charge is 0.146 e. The molecule has 0 rings (SSSR count). The second kappa shape index (κ2) is 13.1. The van der Waals surface area contributed by atoms with Crippen molar-refractivity contribution in [1.29, 1.82) is 0 Å². The molecule has 3 N–H and O–H groups in total. The molecule has 0 aliphatic rings. The van der Waals surface area contributed by atoms with Gasteiger partial charge in [0.2, 0.25) is 0 Å². The van der Waals surface area contributed by atoms with E-state index in [9.17, 15) is 44.7 Å². The number of hydrogen-bond acceptors (Lipinski definition) is 9. The quantitative estimate of drug-likeness (QED) is 0.108. The first kappa shape index (κ1) is 31.1. The summed E-state index contributed by atoms with van der Waals surface area (Å²) < 4.78 is 0.486. The highest BCUT2D eigenvalue weighted by molar-refractivity contribution is 5.98. The second-order valence-corrected chi connectivity index (χ2v) is 10.7. The second-order valence-electron chi connectivity index (χ2n) is 10.7. The van der Waals surface area contributed by atoms with Crippen molar-refractivity contribution < 1.29 is 53.7 Å². The van der Waals surface area contributed by atoms with Crippen LogP contribution in [0.15, 0.2) is 0 Å². The van der Waals surface area contributed by atoms with Gasteiger partial charge in [-0.2, -0.15) is 0 Å². The lowest BCUT2D eigenvalue weighted by Gasteiger charge is -2.31. The van der Waals surface area contributed by atoms with Crippen LogP contribution in [0.5, 0.6) is 0 Å². The molecule has 0 aliphatic heterocycles. The number of hydrogen-bond donors (Lipinski definition) is 3. The maximum atomic E-state index is 12.3. The number of carboxylic acids is 2. The van der Waals surface area contributed by atoms with Crippen LogP contribution in [0.25, 0.3) is 0 Å². The van der Waals surface area contributed by atoms with Crippen LogP contribution in [0.2, 0.25) is 0 Å². The predicted octanol–water partition coefficient (Wildman–Crippen LogP) is -3.70. The maximum Gasteiger partial charge on any atom is 0.146 e. The topological polar surface area (TPSA) is 175 Å². The van der Waals surface area contributed by atoms with E-state index in [1.54, 1.807) is 42.3 Å². The molecule has 0 bridgehead atoms. The Bertz CT molecular complexity index is 682. The third kappa shape index (κ3) is 12.8. The minimum Gasteiger partial charge on any atom is -0.549 e. The average molecular weight is 477 g/mol. The lowest BCUT2D eigenvalue weighted by atomic mass is 9.91. The van der Waals surface area contributed by atoms with Crippen LogP contribution in [0.4, 0.5) is 0 Å². The molecule has 0 aliphatic carbocycles. The SMILES string of the molecule is C[N+](C)(C)CC(O)C(C(=O)[O-])C(=O)CCCCC(O)CC(=O)C(C(=O)[O-])C(O)C[N+](C)(C)C. The zero-order chi connectivity index (χ0) is 26.1. The summed E-state index contributed by atoms with van der Waals surface area (Å²) in [5.74, 6) is -8.29. The Balaban J connectivity index is 4.71. The Morgan fingerprint density at radius 2 is 1.09 bits per heavy atom. The number of carbonyl (C=O) groups is 4. The Hall–Kier alpha value is -1.92. The largest absolute Gasteiger partial charge is 0.549 e. The molecule has 0 aromatic carbocycles. The summed E-state index contributed by atoms with van der Waals surface area (Å²) in [5.41, 5.74) is 0. The van der Waals surface area contributed by atoms with Crippen LogP contribution < -0.4 is 10.2 Å². The summed E-state index contributed by atoms with van der Waals surface area (Å²) in [7, 11) is 10.4. The molecular formula is C22H40N2O9. The molecule has 0 saturated heterocycles. The molecule has 5 atom stereocenters. The molecule has 0 aromatic rings. The van der Waals surface area contributed by atoms with Gasteiger partial charge in [-0.15, -0.1) is 0 Å². The van der Waals surface area contributed by atoms with E-state index in [1.165, 1.54) is 0 Å². The summed E-state index contributed by atoms with van der Waals surface area (Å²) >= 11 is 0. The molecule has 5 unspecified atom stereocenters. The van der Waals surface area contributed by atoms with Gasteiger partial charge in [-0.25, -0.2) is 0 Å². The number of nitrogens with zero attached hydrogens (tertiary/aromatic N) is 2. The molecular weight excluding hydrogens is 436 g/mol. The molecule has 0 radical (unpaired) electrons. The standard InChI is InChI=1S/C22H40N2O9/c1-23(2,3)12-17(28)19(21(30)31)15(26)10-8-7-9-14(25)11-16(27)20(22(32)33)18(29)13-24(4,5)6/h14,17-20,25,28-29H,7-13H2,1-6H3. The van der Waals surface area contributed by atoms with Crippen molar-refractivity contribution in [3.8, 4) is 0 Å². The number of aliphatic carboxylic acids is 2. The fraction of sp³-hybridized carbons (Fsp3) is 0.818. The molecule has 0 aromatic heterocycles. The van der Waals surface area contributed by atoms with Gasteiger partial charge in [-0.05, 0) is 12.8 Å². The minimum absolute atomic E-state index is 0.00212. The predicted molar refractivity (Wildman–Crippen MR) is 114 cm³/mol. The van der Waals surface area contributed by atoms with Gasteiger partial charge < -0.3 is 44.1 Å². The van der Waals surface area contributed by atoms with Gasteiger partial charge in [0.05, 0.1) is 72.2 Å². The van der Waals surface area contributed by atoms with Crippen molar-refractivity contribution in [3.05, 3.63) is 0 Å². The molecule has 0 saturated carbocycles. The van der Waals surface area contributed by atoms with Crippen LogP contribution in [-0.4, -0.2) is 121 Å². The highest BCUT2D eigenvalue weighted by Crippen LogP contribution is 2.17. The summed E-state index contributed by atoms with van der Waals surface area (Å²) in [4.78, 5) is 47.3. The number of likely N-dealkylation sites (N-methyl/N-ethyl adjacent to an activating group) is 2. The Morgan fingerprint density at radius 1 is 0.697 bits per heavy atom. The van der Waals surface area contributed by atoms with E-state index in [0.29, 0.717) is 0 Å². The van der Waals surface area contributed by atoms with Crippen LogP contribution in [0.1, 0.15) is 32.1 Å². The van der Waals surface area contributed by atoms with Gasteiger partial charge in [0, 0.05) is 12.8 Å². The first-order valence-corrected chi connectivity index (χ1v) is 11.0. The zero-order valence-electron chi connectivity index (χ0n) is 20.5. The lowest BCUT2D eigenvalue weighted by molar-refractivity contribution is -0.873. The normalized spacial score (nSPS) is 17.0. The van der Waals surface area contributed by atoms with Crippen molar-refractivity contribution in [2.75, 3.05) is 55.4 Å². The van der Waals surface area contributed by atoms with E-state index in [2.05, 4.69) is 0 Å². The van der Waals surface area contributed by atoms with E-state index >= 15 is 0 Å². The molecule has 192 valence electrons. The Morgan fingerprint density at radius 3 is 1.45 bits per heavy atom. The Kier molecular flexibility index (Phi) is 12.3. The van der Waals surface area contributed by atoms with Gasteiger partial charge in [0.15, 0.2) is 0 Å². The van der Waals surface area contributed by atoms with E-state index in [0.717, 1.165) is 0 Å². The lowest BCUT2D eigenvalue weighted by Crippen LogP contribution is -2.51. The molecule has 0 heterocycles. The number of aliphatic hydroxyl groups is 3. The van der Waals surface area contributed by atoms with Crippen LogP contribution in [0.3, 0.4) is 0 Å². The third-order valence-electron chi connectivity index (χ3n) is 5.09. The van der Waals surface area contributed by atoms with Crippen molar-refractivity contribution in [2.24, 2.45) is 11.8 Å². The molecule has 33 heavy (non-hydrogen) atoms. The van der Waals surface area contributed by atoms with E-state index in [4.69, 9.17) is 0 Å². The maximum absolute atomic E-state index is 12.3. The number of carboxylic acid groups (broad SMARTS) is 2. The van der Waals surface area contributed by atoms with Crippen molar-refractivity contribution in [1.82, 2.24) is 0 Å². The van der Waals surface area contributed by atoms with Crippen LogP contribution in [0, 0.1) is 11.8 Å². The molecule has 0 spiro atoms. The fourth-order valence-corrected chi connectivity index (χ4v) is 3.64. The summed E-state index contributed by atoms with van der Waals surface area (Å²) in [5, 5.41) is 53.1. The highest BCUT2D eigenvalue weighted by Gasteiger charge is 2.33. The average Bonchev–Trinajstić information content (AvgIpc) is 2.54. The van der Waals surface area contributed by atoms with Gasteiger partial charge in [-0.3, -0.25) is 9.59 Å². The number of quaternary nitrogens is 2. The van der Waals surface area contributed by atoms with E-state index in [-0.39, 0.29) is 47.7 Å². The highest BCUT2D eigenvalue weighted by atomic mass is 16.4. The summed E-state index contributed by atoms with van der Waals surface area (Å²) in [6, 6.07) is 0. The van der Waals surface area contributed by atoms with Gasteiger partial charge in [0.25, 0.3) is 0 Å². The molecule has 11 heteroatoms. The van der Waals surface area contributed by atoms with Gasteiger partial charge in [-0.1, -0.05) is 6.42 Å². The Labute approximate surface area is 195 Å². The fourth-order valence-electron chi connectivity index (χ4n) is 3.64. The molecule has 0 fully saturated rings. The minimum atomic E-state index is -1.76. The van der Waals surface area contributed by atoms with Gasteiger partial charge >= 0.3 is 0 Å². The zero-order valence-corrected chi connectivity index (χ0v) is 20.5. The number of unbranched alkanes of at least 4 members (excludes halogenated alkanes) is 1. The summed E-state index contributed by atoms with van der Waals surface area (Å²) in [6.45, 7) is 0.0485. The molecule has 0 amide bonds. The van der Waals surface area contributed by atoms with Crippen LogP contribution >= 0.6 is 0 Å². The van der Waals surface area contributed by atoms with Crippen LogP contribution in [-0.2, 0) is 19.2 Å². The van der Waals surface area contributed by atoms with Gasteiger partial charge in [0.1, 0.15) is 36.9 Å². The number of ketones is 2. The first-order valence-electron chi connectivity index (χ1n) is 11.0. The summed E-state index contributed by atoms with van der Waals surface area (Å²) in [6.07, 6.45) is -4.16. The monoisotopic (exact) mass is 476 g/mol. The number of carbonyl (C=O) groups excluding carboxylic acids is 4. The number of rotatable bonds is 17. The van der Waals surface area contributed by atoms with Crippen molar-refractivity contribution in [2.45, 2.75) is 50.4 Å². The number of aliphatic hydroxyl groups excluding tert-OH is 3. The van der Waals surface area contributed by atoms with E-state index < -0.39 is 60.1 Å². The first-order chi connectivity index (χ1) is 14.9. The third-order valence-corrected chi connectivity index (χ3v) is 5.09. The van der Waals surface area contributed by atoms with E-state index in [1.807, 2.05) is 0 Å².